The lowest BCUT2D eigenvalue weighted by Crippen LogP contribution is -2.46. The molecule has 8 heteroatoms. The van der Waals surface area contributed by atoms with E-state index in [0.717, 1.165) is 0 Å². The summed E-state index contributed by atoms with van der Waals surface area (Å²) in [5.41, 5.74) is 0.763. The molecule has 33 heavy (non-hydrogen) atoms. The second-order valence-electron chi connectivity index (χ2n) is 8.53. The number of pyridine rings is 1. The normalized spacial score (nSPS) is 12.8. The Balaban J connectivity index is 1.74. The number of rotatable bonds is 4. The SMILES string of the molecule is CC(C)(C)c1ocnc1C=c1[nH]c(=O)c(=Cc2cccc(C(=O)c3ccncc3)c2)[nH]c1=O. The van der Waals surface area contributed by atoms with Gasteiger partial charge in [-0.1, -0.05) is 39.0 Å². The molecule has 0 unspecified atom stereocenters. The van der Waals surface area contributed by atoms with Gasteiger partial charge in [0.1, 0.15) is 22.2 Å². The van der Waals surface area contributed by atoms with Crippen LogP contribution in [0.25, 0.3) is 12.2 Å². The van der Waals surface area contributed by atoms with E-state index < -0.39 is 11.1 Å². The third-order valence-electron chi connectivity index (χ3n) is 4.95. The van der Waals surface area contributed by atoms with Crippen molar-refractivity contribution in [1.29, 1.82) is 0 Å². The molecule has 0 radical (unpaired) electrons. The molecule has 3 aromatic heterocycles. The Morgan fingerprint density at radius 3 is 2.27 bits per heavy atom. The van der Waals surface area contributed by atoms with E-state index in [1.54, 1.807) is 48.8 Å². The third kappa shape index (κ3) is 4.79. The predicted molar refractivity (Wildman–Crippen MR) is 123 cm³/mol. The van der Waals surface area contributed by atoms with E-state index >= 15 is 0 Å². The molecule has 0 bridgehead atoms. The van der Waals surface area contributed by atoms with Gasteiger partial charge in [-0.2, -0.15) is 0 Å². The average molecular weight is 442 g/mol. The van der Waals surface area contributed by atoms with Crippen LogP contribution >= 0.6 is 0 Å². The number of benzene rings is 1. The van der Waals surface area contributed by atoms with Crippen molar-refractivity contribution in [2.24, 2.45) is 0 Å². The van der Waals surface area contributed by atoms with Crippen LogP contribution in [0.2, 0.25) is 0 Å². The number of nitrogens with zero attached hydrogens (tertiary/aromatic N) is 2. The van der Waals surface area contributed by atoms with Gasteiger partial charge in [-0.3, -0.25) is 19.4 Å². The summed E-state index contributed by atoms with van der Waals surface area (Å²) in [6.07, 6.45) is 7.42. The molecular weight excluding hydrogens is 420 g/mol. The van der Waals surface area contributed by atoms with Crippen LogP contribution in [-0.4, -0.2) is 25.7 Å². The monoisotopic (exact) mass is 442 g/mol. The summed E-state index contributed by atoms with van der Waals surface area (Å²) in [6.45, 7) is 5.89. The van der Waals surface area contributed by atoms with Crippen molar-refractivity contribution in [2.45, 2.75) is 26.2 Å². The molecule has 0 atom stereocenters. The molecule has 166 valence electrons. The maximum absolute atomic E-state index is 12.7. The first-order chi connectivity index (χ1) is 15.7. The lowest BCUT2D eigenvalue weighted by Gasteiger charge is -2.14. The summed E-state index contributed by atoms with van der Waals surface area (Å²) >= 11 is 0. The summed E-state index contributed by atoms with van der Waals surface area (Å²) in [6, 6.07) is 10.1. The lowest BCUT2D eigenvalue weighted by atomic mass is 9.92. The van der Waals surface area contributed by atoms with E-state index in [2.05, 4.69) is 19.9 Å². The minimum Gasteiger partial charge on any atom is -0.447 e. The maximum Gasteiger partial charge on any atom is 0.272 e. The largest absolute Gasteiger partial charge is 0.447 e. The van der Waals surface area contributed by atoms with Gasteiger partial charge in [-0.15, -0.1) is 0 Å². The molecule has 0 fully saturated rings. The second kappa shape index (κ2) is 8.66. The zero-order valence-corrected chi connectivity index (χ0v) is 18.4. The summed E-state index contributed by atoms with van der Waals surface area (Å²) in [5.74, 6) is 0.441. The van der Waals surface area contributed by atoms with Gasteiger partial charge in [0, 0.05) is 28.9 Å². The number of carbonyl (C=O) groups excluding carboxylic acids is 1. The molecule has 1 aromatic carbocycles. The maximum atomic E-state index is 12.7. The van der Waals surface area contributed by atoms with E-state index in [0.29, 0.717) is 28.1 Å². The van der Waals surface area contributed by atoms with E-state index in [9.17, 15) is 14.4 Å². The molecule has 4 rings (SSSR count). The van der Waals surface area contributed by atoms with Crippen LogP contribution in [0.5, 0.6) is 0 Å². The summed E-state index contributed by atoms with van der Waals surface area (Å²) in [5, 5.41) is 0.139. The molecule has 4 aromatic rings. The summed E-state index contributed by atoms with van der Waals surface area (Å²) in [7, 11) is 0. The van der Waals surface area contributed by atoms with E-state index in [1.165, 1.54) is 18.5 Å². The minimum absolute atomic E-state index is 0.0677. The molecule has 8 nitrogen and oxygen atoms in total. The Bertz CT molecular complexity index is 1550. The van der Waals surface area contributed by atoms with Crippen molar-refractivity contribution in [3.8, 4) is 0 Å². The number of aromatic nitrogens is 4. The van der Waals surface area contributed by atoms with Gasteiger partial charge in [0.2, 0.25) is 0 Å². The highest BCUT2D eigenvalue weighted by atomic mass is 16.3. The van der Waals surface area contributed by atoms with Gasteiger partial charge < -0.3 is 14.4 Å². The number of aromatic amines is 2. The first-order valence-corrected chi connectivity index (χ1v) is 10.3. The van der Waals surface area contributed by atoms with Crippen LogP contribution in [0.15, 0.2) is 69.2 Å². The van der Waals surface area contributed by atoms with Crippen molar-refractivity contribution >= 4 is 17.9 Å². The number of hydrogen-bond acceptors (Lipinski definition) is 6. The van der Waals surface area contributed by atoms with Crippen molar-refractivity contribution in [1.82, 2.24) is 19.9 Å². The predicted octanol–water partition coefficient (Wildman–Crippen LogP) is 1.63. The molecule has 0 amide bonds. The van der Waals surface area contributed by atoms with Crippen LogP contribution < -0.4 is 21.8 Å². The third-order valence-corrected chi connectivity index (χ3v) is 4.95. The summed E-state index contributed by atoms with van der Waals surface area (Å²) in [4.78, 5) is 51.2. The Labute approximate surface area is 188 Å². The van der Waals surface area contributed by atoms with Gasteiger partial charge >= 0.3 is 0 Å². The first-order valence-electron chi connectivity index (χ1n) is 10.3. The Morgan fingerprint density at radius 1 is 0.939 bits per heavy atom. The zero-order valence-electron chi connectivity index (χ0n) is 18.4. The molecule has 0 aliphatic carbocycles. The van der Waals surface area contributed by atoms with Crippen molar-refractivity contribution in [3.63, 3.8) is 0 Å². The second-order valence-corrected chi connectivity index (χ2v) is 8.53. The number of oxazole rings is 1. The molecule has 3 heterocycles. The number of hydrogen-bond donors (Lipinski definition) is 2. The van der Waals surface area contributed by atoms with Crippen LogP contribution in [0.3, 0.4) is 0 Å². The van der Waals surface area contributed by atoms with E-state index in [-0.39, 0.29) is 21.9 Å². The molecular formula is C25H22N4O4. The quantitative estimate of drug-likeness (QED) is 0.464. The van der Waals surface area contributed by atoms with Gasteiger partial charge in [0.05, 0.1) is 0 Å². The molecule has 0 saturated carbocycles. The first kappa shape index (κ1) is 21.9. The van der Waals surface area contributed by atoms with Gasteiger partial charge in [0.25, 0.3) is 11.1 Å². The number of nitrogens with one attached hydrogen (secondary N) is 2. The van der Waals surface area contributed by atoms with Crippen LogP contribution in [0.4, 0.5) is 0 Å². The smallest absolute Gasteiger partial charge is 0.272 e. The fourth-order valence-corrected chi connectivity index (χ4v) is 3.36. The van der Waals surface area contributed by atoms with Crippen molar-refractivity contribution < 1.29 is 9.21 Å². The summed E-state index contributed by atoms with van der Waals surface area (Å²) < 4.78 is 5.45. The van der Waals surface area contributed by atoms with E-state index in [1.807, 2.05) is 20.8 Å². The molecule has 0 spiro atoms. The highest BCUT2D eigenvalue weighted by Gasteiger charge is 2.22. The van der Waals surface area contributed by atoms with Crippen LogP contribution in [-0.2, 0) is 5.41 Å². The fourth-order valence-electron chi connectivity index (χ4n) is 3.36. The zero-order chi connectivity index (χ0) is 23.6. The topological polar surface area (TPSA) is 122 Å². The van der Waals surface area contributed by atoms with Crippen molar-refractivity contribution in [2.75, 3.05) is 0 Å². The fraction of sp³-hybridized carbons (Fsp3) is 0.160. The van der Waals surface area contributed by atoms with Crippen LogP contribution in [0.1, 0.15) is 53.7 Å². The Kier molecular flexibility index (Phi) is 5.74. The molecule has 2 N–H and O–H groups in total. The van der Waals surface area contributed by atoms with Gasteiger partial charge in [0.15, 0.2) is 12.2 Å². The number of H-pyrrole nitrogens is 2. The standard InChI is InChI=1S/C25H22N4O4/c1-25(2,3)22-18(27-14-33-22)13-20-24(32)28-19(23(31)29-20)12-15-5-4-6-17(11-15)21(30)16-7-9-26-10-8-16/h4-14H,1-3H3,(H,28,32)(H,29,31). The molecule has 0 aliphatic rings. The van der Waals surface area contributed by atoms with E-state index in [4.69, 9.17) is 4.42 Å². The number of ketones is 1. The van der Waals surface area contributed by atoms with Gasteiger partial charge in [-0.25, -0.2) is 4.98 Å². The van der Waals surface area contributed by atoms with Crippen LogP contribution in [0, 0.1) is 0 Å². The molecule has 0 aliphatic heterocycles. The number of carbonyl (C=O) groups is 1. The highest BCUT2D eigenvalue weighted by Crippen LogP contribution is 2.25. The Hall–Kier alpha value is -4.33. The molecule has 0 saturated heterocycles. The van der Waals surface area contributed by atoms with Crippen molar-refractivity contribution in [3.05, 3.63) is 115 Å². The Morgan fingerprint density at radius 2 is 1.61 bits per heavy atom. The highest BCUT2D eigenvalue weighted by molar-refractivity contribution is 6.09. The van der Waals surface area contributed by atoms with Gasteiger partial charge in [-0.05, 0) is 35.9 Å². The average Bonchev–Trinajstić information content (AvgIpc) is 3.26. The lowest BCUT2D eigenvalue weighted by molar-refractivity contribution is 0.103. The minimum atomic E-state index is -0.479.